The predicted molar refractivity (Wildman–Crippen MR) is 48.6 cm³/mol. The molecule has 6 nitrogen and oxygen atoms in total. The van der Waals surface area contributed by atoms with Gasteiger partial charge in [0.05, 0.1) is 17.4 Å². The Hall–Kier alpha value is -2.50. The van der Waals surface area contributed by atoms with Gasteiger partial charge in [-0.05, 0) is 0 Å². The zero-order valence-electron chi connectivity index (χ0n) is 8.08. The summed E-state index contributed by atoms with van der Waals surface area (Å²) in [5.41, 5.74) is 8.54. The number of nitrogens with zero attached hydrogens (tertiary/aromatic N) is 2. The Morgan fingerprint density at radius 1 is 1.53 bits per heavy atom. The van der Waals surface area contributed by atoms with Gasteiger partial charge in [-0.3, -0.25) is 4.79 Å². The third-order valence-electron chi connectivity index (χ3n) is 1.64. The molecule has 90 valence electrons. The van der Waals surface area contributed by atoms with Gasteiger partial charge in [0, 0.05) is 0 Å². The quantitative estimate of drug-likeness (QED) is 0.789. The second-order valence-corrected chi connectivity index (χ2v) is 2.79. The van der Waals surface area contributed by atoms with Gasteiger partial charge in [-0.2, -0.15) is 5.26 Å². The molecule has 1 aromatic heterocycles. The first-order valence-corrected chi connectivity index (χ1v) is 4.00. The van der Waals surface area contributed by atoms with Crippen molar-refractivity contribution in [3.05, 3.63) is 17.3 Å². The van der Waals surface area contributed by atoms with E-state index in [-0.39, 0.29) is 5.69 Å². The highest BCUT2D eigenvalue weighted by Crippen LogP contribution is 2.28. The van der Waals surface area contributed by atoms with Crippen molar-refractivity contribution in [2.45, 2.75) is 6.36 Å². The van der Waals surface area contributed by atoms with E-state index < -0.39 is 29.3 Å². The van der Waals surface area contributed by atoms with Crippen molar-refractivity contribution in [1.29, 1.82) is 5.26 Å². The number of hydrogen-bond donors (Lipinski definition) is 2. The number of carbonyl (C=O) groups excluding carboxylic acids is 1. The molecule has 1 heterocycles. The van der Waals surface area contributed by atoms with E-state index in [0.717, 1.165) is 6.20 Å². The number of nitrogens with two attached hydrogens (primary N) is 2. The number of primary amides is 1. The lowest BCUT2D eigenvalue weighted by Crippen LogP contribution is -2.23. The third-order valence-corrected chi connectivity index (χ3v) is 1.64. The molecule has 9 heteroatoms. The van der Waals surface area contributed by atoms with E-state index in [4.69, 9.17) is 16.7 Å². The Morgan fingerprint density at radius 3 is 2.53 bits per heavy atom. The smallest absolute Gasteiger partial charge is 0.396 e. The van der Waals surface area contributed by atoms with E-state index in [1.807, 2.05) is 0 Å². The number of amides is 1. The van der Waals surface area contributed by atoms with Crippen LogP contribution in [-0.2, 0) is 0 Å². The zero-order valence-corrected chi connectivity index (χ0v) is 8.08. The molecule has 0 aliphatic carbocycles. The summed E-state index contributed by atoms with van der Waals surface area (Å²) in [7, 11) is 0. The van der Waals surface area contributed by atoms with E-state index in [0.29, 0.717) is 0 Å². The molecule has 1 amide bonds. The van der Waals surface area contributed by atoms with E-state index >= 15 is 0 Å². The largest absolute Gasteiger partial charge is 0.574 e. The van der Waals surface area contributed by atoms with Gasteiger partial charge >= 0.3 is 6.36 Å². The monoisotopic (exact) mass is 246 g/mol. The molecule has 17 heavy (non-hydrogen) atoms. The van der Waals surface area contributed by atoms with Crippen LogP contribution in [0.3, 0.4) is 0 Å². The molecule has 0 aliphatic heterocycles. The molecule has 1 aromatic rings. The number of nitrogen functional groups attached to an aromatic ring is 1. The highest BCUT2D eigenvalue weighted by molar-refractivity contribution is 5.99. The fraction of sp³-hybridized carbons (Fsp3) is 0.125. The maximum absolute atomic E-state index is 12.0. The van der Waals surface area contributed by atoms with Gasteiger partial charge in [-0.25, -0.2) is 4.98 Å². The van der Waals surface area contributed by atoms with Crippen LogP contribution in [0.2, 0.25) is 0 Å². The van der Waals surface area contributed by atoms with Crippen LogP contribution in [0.15, 0.2) is 6.20 Å². The van der Waals surface area contributed by atoms with Gasteiger partial charge in [0.15, 0.2) is 0 Å². The summed E-state index contributed by atoms with van der Waals surface area (Å²) in [6.07, 6.45) is -4.29. The minimum Gasteiger partial charge on any atom is -0.396 e. The van der Waals surface area contributed by atoms with Crippen LogP contribution in [0, 0.1) is 11.3 Å². The fourth-order valence-corrected chi connectivity index (χ4v) is 1.04. The lowest BCUT2D eigenvalue weighted by molar-refractivity contribution is -0.276. The highest BCUT2D eigenvalue weighted by atomic mass is 19.4. The van der Waals surface area contributed by atoms with Crippen LogP contribution >= 0.6 is 0 Å². The Morgan fingerprint density at radius 2 is 2.12 bits per heavy atom. The van der Waals surface area contributed by atoms with Crippen molar-refractivity contribution >= 4 is 11.6 Å². The number of nitriles is 1. The van der Waals surface area contributed by atoms with Gasteiger partial charge in [-0.1, -0.05) is 0 Å². The highest BCUT2D eigenvalue weighted by Gasteiger charge is 2.34. The molecular formula is C8H5F3N4O2. The predicted octanol–water partition coefficient (Wildman–Crippen LogP) is 0.533. The first kappa shape index (κ1) is 12.6. The number of carbonyl (C=O) groups is 1. The zero-order chi connectivity index (χ0) is 13.2. The summed E-state index contributed by atoms with van der Waals surface area (Å²) in [6, 6.07) is 1.46. The summed E-state index contributed by atoms with van der Waals surface area (Å²) in [6.45, 7) is 0. The van der Waals surface area contributed by atoms with Gasteiger partial charge in [0.2, 0.25) is 5.88 Å². The van der Waals surface area contributed by atoms with Crippen LogP contribution < -0.4 is 16.2 Å². The van der Waals surface area contributed by atoms with E-state index in [1.54, 1.807) is 0 Å². The summed E-state index contributed by atoms with van der Waals surface area (Å²) in [5, 5.41) is 8.67. The molecular weight excluding hydrogens is 241 g/mol. The van der Waals surface area contributed by atoms with Crippen LogP contribution in [0.4, 0.5) is 18.9 Å². The minimum atomic E-state index is -5.06. The van der Waals surface area contributed by atoms with E-state index in [1.165, 1.54) is 6.07 Å². The normalized spacial score (nSPS) is 10.7. The third kappa shape index (κ3) is 2.75. The maximum Gasteiger partial charge on any atom is 0.574 e. The lowest BCUT2D eigenvalue weighted by atomic mass is 10.1. The van der Waals surface area contributed by atoms with Gasteiger partial charge in [-0.15, -0.1) is 13.2 Å². The van der Waals surface area contributed by atoms with Crippen molar-refractivity contribution in [1.82, 2.24) is 4.98 Å². The second kappa shape index (κ2) is 4.17. The number of rotatable bonds is 2. The topological polar surface area (TPSA) is 115 Å². The number of anilines is 1. The van der Waals surface area contributed by atoms with Gasteiger partial charge < -0.3 is 16.2 Å². The molecule has 0 saturated carbocycles. The van der Waals surface area contributed by atoms with Crippen molar-refractivity contribution in [2.24, 2.45) is 5.73 Å². The van der Waals surface area contributed by atoms with Gasteiger partial charge in [0.25, 0.3) is 5.91 Å². The molecule has 0 fully saturated rings. The average Bonchev–Trinajstić information content (AvgIpc) is 2.17. The number of aromatic nitrogens is 1. The number of pyridine rings is 1. The number of ether oxygens (including phenoxy) is 1. The molecule has 0 unspecified atom stereocenters. The Bertz CT molecular complexity index is 507. The van der Waals surface area contributed by atoms with Crippen molar-refractivity contribution in [2.75, 3.05) is 5.73 Å². The SMILES string of the molecule is N#Cc1c(N)cnc(OC(F)(F)F)c1C(N)=O. The van der Waals surface area contributed by atoms with Crippen molar-refractivity contribution < 1.29 is 22.7 Å². The first-order chi connectivity index (χ1) is 7.76. The number of hydrogen-bond acceptors (Lipinski definition) is 5. The Labute approximate surface area is 92.6 Å². The maximum atomic E-state index is 12.0. The molecule has 0 aromatic carbocycles. The molecule has 0 spiro atoms. The summed E-state index contributed by atoms with van der Waals surface area (Å²) < 4.78 is 39.5. The van der Waals surface area contributed by atoms with Crippen LogP contribution in [0.1, 0.15) is 15.9 Å². The van der Waals surface area contributed by atoms with Crippen molar-refractivity contribution in [3.63, 3.8) is 0 Å². The second-order valence-electron chi connectivity index (χ2n) is 2.79. The molecule has 0 atom stereocenters. The number of alkyl halides is 3. The lowest BCUT2D eigenvalue weighted by Gasteiger charge is -2.12. The molecule has 0 radical (unpaired) electrons. The molecule has 0 bridgehead atoms. The molecule has 0 saturated heterocycles. The van der Waals surface area contributed by atoms with E-state index in [9.17, 15) is 18.0 Å². The average molecular weight is 246 g/mol. The molecule has 4 N–H and O–H groups in total. The van der Waals surface area contributed by atoms with Gasteiger partial charge in [0.1, 0.15) is 11.6 Å². The minimum absolute atomic E-state index is 0.268. The summed E-state index contributed by atoms with van der Waals surface area (Å²) in [4.78, 5) is 14.1. The standard InChI is InChI=1S/C8H5F3N4O2/c9-8(10,11)17-7-5(6(14)16)3(1-12)4(13)2-15-7/h2H,13H2,(H2,14,16). The van der Waals surface area contributed by atoms with Crippen LogP contribution in [0.25, 0.3) is 0 Å². The van der Waals surface area contributed by atoms with E-state index in [2.05, 4.69) is 9.72 Å². The number of halogens is 3. The Balaban J connectivity index is 3.42. The molecule has 1 rings (SSSR count). The summed E-state index contributed by atoms with van der Waals surface area (Å²) >= 11 is 0. The Kier molecular flexibility index (Phi) is 3.08. The summed E-state index contributed by atoms with van der Waals surface area (Å²) in [5.74, 6) is -2.39. The molecule has 0 aliphatic rings. The fourth-order valence-electron chi connectivity index (χ4n) is 1.04. The van der Waals surface area contributed by atoms with Crippen LogP contribution in [0.5, 0.6) is 5.88 Å². The first-order valence-electron chi connectivity index (χ1n) is 4.00. The van der Waals surface area contributed by atoms with Crippen molar-refractivity contribution in [3.8, 4) is 11.9 Å². The van der Waals surface area contributed by atoms with Crippen LogP contribution in [-0.4, -0.2) is 17.3 Å².